The van der Waals surface area contributed by atoms with Crippen LogP contribution in [0.4, 0.5) is 18.9 Å². The van der Waals surface area contributed by atoms with E-state index in [0.717, 1.165) is 5.56 Å². The minimum Gasteiger partial charge on any atom is -0.322 e. The number of fused-ring (bicyclic) bond motifs is 1. The van der Waals surface area contributed by atoms with E-state index in [0.29, 0.717) is 11.0 Å². The molecule has 0 atom stereocenters. The first-order valence-corrected chi connectivity index (χ1v) is 8.28. The van der Waals surface area contributed by atoms with Crippen LogP contribution in [-0.4, -0.2) is 21.2 Å². The highest BCUT2D eigenvalue weighted by atomic mass is 32.2. The van der Waals surface area contributed by atoms with Gasteiger partial charge >= 0.3 is 0 Å². The molecule has 1 heterocycles. The average molecular weight is 365 g/mol. The lowest BCUT2D eigenvalue weighted by molar-refractivity contribution is -0.116. The number of anilines is 1. The molecule has 0 aliphatic carbocycles. The number of hydrogen-bond acceptors (Lipinski definition) is 3. The van der Waals surface area contributed by atoms with E-state index >= 15 is 0 Å². The van der Waals surface area contributed by atoms with Gasteiger partial charge in [-0.2, -0.15) is 8.78 Å². The number of carbonyl (C=O) groups excluding carboxylic acids is 1. The zero-order chi connectivity index (χ0) is 18.0. The molecule has 0 spiro atoms. The first kappa shape index (κ1) is 17.3. The van der Waals surface area contributed by atoms with Crippen molar-refractivity contribution < 1.29 is 18.0 Å². The van der Waals surface area contributed by atoms with E-state index in [2.05, 4.69) is 10.3 Å². The molecule has 8 heteroatoms. The van der Waals surface area contributed by atoms with Gasteiger partial charge in [0.25, 0.3) is 5.76 Å². The topological polar surface area (TPSA) is 46.9 Å². The first-order valence-electron chi connectivity index (χ1n) is 7.40. The largest absolute Gasteiger partial charge is 0.322 e. The van der Waals surface area contributed by atoms with Crippen LogP contribution in [0, 0.1) is 12.7 Å². The molecule has 2 aromatic carbocycles. The Hall–Kier alpha value is -2.48. The third-order valence-corrected chi connectivity index (χ3v) is 4.21. The van der Waals surface area contributed by atoms with Gasteiger partial charge in [0.2, 0.25) is 5.91 Å². The van der Waals surface area contributed by atoms with Crippen LogP contribution in [0.25, 0.3) is 11.0 Å². The molecule has 0 aliphatic rings. The van der Waals surface area contributed by atoms with Crippen LogP contribution in [0.5, 0.6) is 0 Å². The van der Waals surface area contributed by atoms with Crippen LogP contribution in [0.2, 0.25) is 0 Å². The van der Waals surface area contributed by atoms with Crippen LogP contribution in [0.1, 0.15) is 5.56 Å². The quantitative estimate of drug-likeness (QED) is 0.680. The van der Waals surface area contributed by atoms with E-state index in [9.17, 15) is 18.0 Å². The highest BCUT2D eigenvalue weighted by molar-refractivity contribution is 7.99. The number of nitrogens with one attached hydrogen (secondary N) is 1. The van der Waals surface area contributed by atoms with Gasteiger partial charge in [0, 0.05) is 0 Å². The van der Waals surface area contributed by atoms with Crippen molar-refractivity contribution in [2.75, 3.05) is 5.32 Å². The lowest BCUT2D eigenvalue weighted by Gasteiger charge is -2.10. The SMILES string of the molecule is Cc1ccc(F)c(NC(=O)Cn2c(SC(F)F)nc3ccccc32)c1. The van der Waals surface area contributed by atoms with Gasteiger partial charge in [-0.25, -0.2) is 9.37 Å². The van der Waals surface area contributed by atoms with Crippen LogP contribution in [0.15, 0.2) is 47.6 Å². The molecule has 0 unspecified atom stereocenters. The Morgan fingerprint density at radius 2 is 2.04 bits per heavy atom. The Morgan fingerprint density at radius 3 is 2.80 bits per heavy atom. The van der Waals surface area contributed by atoms with Crippen LogP contribution < -0.4 is 5.32 Å². The number of aromatic nitrogens is 2. The van der Waals surface area contributed by atoms with Gasteiger partial charge in [-0.1, -0.05) is 18.2 Å². The van der Waals surface area contributed by atoms with Crippen molar-refractivity contribution in [2.45, 2.75) is 24.4 Å². The average Bonchev–Trinajstić information content (AvgIpc) is 2.88. The van der Waals surface area contributed by atoms with Crippen LogP contribution in [0.3, 0.4) is 0 Å². The minimum atomic E-state index is -2.66. The number of thioether (sulfide) groups is 1. The number of benzene rings is 2. The number of para-hydroxylation sites is 2. The third kappa shape index (κ3) is 3.96. The lowest BCUT2D eigenvalue weighted by Crippen LogP contribution is -2.20. The summed E-state index contributed by atoms with van der Waals surface area (Å²) in [6.45, 7) is 1.53. The summed E-state index contributed by atoms with van der Waals surface area (Å²) in [7, 11) is 0. The number of amides is 1. The third-order valence-electron chi connectivity index (χ3n) is 3.51. The second kappa shape index (κ2) is 7.18. The van der Waals surface area contributed by atoms with E-state index in [-0.39, 0.29) is 29.2 Å². The smallest absolute Gasteiger partial charge is 0.291 e. The number of imidazole rings is 1. The molecular formula is C17H14F3N3OS. The zero-order valence-electron chi connectivity index (χ0n) is 13.2. The Labute approximate surface area is 146 Å². The van der Waals surface area contributed by atoms with E-state index in [1.54, 1.807) is 37.3 Å². The van der Waals surface area contributed by atoms with Crippen molar-refractivity contribution in [3.05, 3.63) is 53.8 Å². The summed E-state index contributed by atoms with van der Waals surface area (Å²) in [4.78, 5) is 16.4. The van der Waals surface area contributed by atoms with Gasteiger partial charge in [0.05, 0.1) is 16.7 Å². The van der Waals surface area contributed by atoms with Gasteiger partial charge < -0.3 is 9.88 Å². The number of carbonyl (C=O) groups is 1. The molecule has 0 saturated heterocycles. The molecular weight excluding hydrogens is 351 g/mol. The number of halogens is 3. The van der Waals surface area contributed by atoms with Crippen molar-refractivity contribution in [1.29, 1.82) is 0 Å². The highest BCUT2D eigenvalue weighted by Gasteiger charge is 2.18. The molecule has 0 bridgehead atoms. The van der Waals surface area contributed by atoms with Crippen molar-refractivity contribution in [3.63, 3.8) is 0 Å². The summed E-state index contributed by atoms with van der Waals surface area (Å²) in [5.41, 5.74) is 1.92. The van der Waals surface area contributed by atoms with Gasteiger partial charge in [-0.15, -0.1) is 0 Å². The first-order chi connectivity index (χ1) is 11.9. The number of nitrogens with zero attached hydrogens (tertiary/aromatic N) is 2. The fourth-order valence-corrected chi connectivity index (χ4v) is 3.04. The summed E-state index contributed by atoms with van der Waals surface area (Å²) >= 11 is 0.269. The second-order valence-corrected chi connectivity index (χ2v) is 6.34. The molecule has 3 aromatic rings. The monoisotopic (exact) mass is 365 g/mol. The number of alkyl halides is 2. The Balaban J connectivity index is 1.88. The normalized spacial score (nSPS) is 11.2. The maximum Gasteiger partial charge on any atom is 0.291 e. The standard InChI is InChI=1S/C17H14F3N3OS/c1-10-6-7-11(18)13(8-10)21-15(24)9-23-14-5-3-2-4-12(14)22-17(23)25-16(19)20/h2-8,16H,9H2,1H3,(H,21,24). The second-order valence-electron chi connectivity index (χ2n) is 5.38. The van der Waals surface area contributed by atoms with Crippen molar-refractivity contribution in [3.8, 4) is 0 Å². The summed E-state index contributed by atoms with van der Waals surface area (Å²) in [5, 5.41) is 2.51. The maximum absolute atomic E-state index is 13.8. The molecule has 1 N–H and O–H groups in total. The molecule has 0 radical (unpaired) electrons. The molecule has 0 fully saturated rings. The summed E-state index contributed by atoms with van der Waals surface area (Å²) in [6, 6.07) is 11.2. The predicted molar refractivity (Wildman–Crippen MR) is 91.4 cm³/mol. The highest BCUT2D eigenvalue weighted by Crippen LogP contribution is 2.28. The summed E-state index contributed by atoms with van der Waals surface area (Å²) in [6.07, 6.45) is 0. The Morgan fingerprint density at radius 1 is 1.28 bits per heavy atom. The van der Waals surface area contributed by atoms with Crippen molar-refractivity contribution in [2.24, 2.45) is 0 Å². The van der Waals surface area contributed by atoms with Gasteiger partial charge in [-0.05, 0) is 48.5 Å². The molecule has 3 rings (SSSR count). The number of hydrogen-bond donors (Lipinski definition) is 1. The summed E-state index contributed by atoms with van der Waals surface area (Å²) in [5.74, 6) is -3.74. The number of rotatable bonds is 5. The van der Waals surface area contributed by atoms with E-state index < -0.39 is 17.5 Å². The van der Waals surface area contributed by atoms with Gasteiger partial charge in [-0.3, -0.25) is 4.79 Å². The lowest BCUT2D eigenvalue weighted by atomic mass is 10.2. The molecule has 1 amide bonds. The fourth-order valence-electron chi connectivity index (χ4n) is 2.44. The van der Waals surface area contributed by atoms with Crippen LogP contribution >= 0.6 is 11.8 Å². The minimum absolute atomic E-state index is 0.0380. The maximum atomic E-state index is 13.8. The van der Waals surface area contributed by atoms with E-state index in [4.69, 9.17) is 0 Å². The molecule has 130 valence electrons. The molecule has 4 nitrogen and oxygen atoms in total. The number of aryl methyl sites for hydroxylation is 1. The van der Waals surface area contributed by atoms with Gasteiger partial charge in [0.1, 0.15) is 12.4 Å². The van der Waals surface area contributed by atoms with E-state index in [1.807, 2.05) is 0 Å². The van der Waals surface area contributed by atoms with E-state index in [1.165, 1.54) is 16.7 Å². The Kier molecular flexibility index (Phi) is 4.98. The predicted octanol–water partition coefficient (Wildman–Crippen LogP) is 4.44. The van der Waals surface area contributed by atoms with Crippen LogP contribution in [-0.2, 0) is 11.3 Å². The fraction of sp³-hybridized carbons (Fsp3) is 0.176. The zero-order valence-corrected chi connectivity index (χ0v) is 14.0. The van der Waals surface area contributed by atoms with Crippen molar-refractivity contribution in [1.82, 2.24) is 9.55 Å². The molecule has 0 aliphatic heterocycles. The molecule has 0 saturated carbocycles. The molecule has 1 aromatic heterocycles. The summed E-state index contributed by atoms with van der Waals surface area (Å²) < 4.78 is 40.7. The van der Waals surface area contributed by atoms with Crippen molar-refractivity contribution >= 4 is 34.4 Å². The molecule has 25 heavy (non-hydrogen) atoms. The Bertz CT molecular complexity index is 927. The van der Waals surface area contributed by atoms with Gasteiger partial charge in [0.15, 0.2) is 5.16 Å².